The molecule has 1 aliphatic heterocycles. The predicted molar refractivity (Wildman–Crippen MR) is 75.6 cm³/mol. The van der Waals surface area contributed by atoms with Crippen LogP contribution in [0.4, 0.5) is 0 Å². The molecule has 0 unspecified atom stereocenters. The predicted octanol–water partition coefficient (Wildman–Crippen LogP) is 4.31. The van der Waals surface area contributed by atoms with Crippen molar-refractivity contribution in [3.63, 3.8) is 0 Å². The van der Waals surface area contributed by atoms with E-state index in [9.17, 15) is 9.59 Å². The number of ether oxygens (including phenoxy) is 1. The maximum Gasteiger partial charge on any atom is 0.313 e. The molecule has 0 radical (unpaired) electrons. The summed E-state index contributed by atoms with van der Waals surface area (Å²) >= 11 is 0. The summed E-state index contributed by atoms with van der Waals surface area (Å²) < 4.78 is 4.76. The highest BCUT2D eigenvalue weighted by atomic mass is 16.6. The van der Waals surface area contributed by atoms with Gasteiger partial charge in [0.05, 0.1) is 0 Å². The van der Waals surface area contributed by atoms with E-state index in [0.717, 1.165) is 19.3 Å². The first-order valence-electron chi connectivity index (χ1n) is 7.67. The number of allylic oxidation sites excluding steroid dienone is 2. The van der Waals surface area contributed by atoms with Crippen LogP contribution in [0.2, 0.25) is 0 Å². The molecule has 1 rings (SSSR count). The monoisotopic (exact) mass is 266 g/mol. The van der Waals surface area contributed by atoms with Gasteiger partial charge in [-0.3, -0.25) is 9.59 Å². The average molecular weight is 266 g/mol. The van der Waals surface area contributed by atoms with Crippen molar-refractivity contribution in [2.75, 3.05) is 0 Å². The number of esters is 2. The fourth-order valence-electron chi connectivity index (χ4n) is 2.26. The first-order valence-corrected chi connectivity index (χ1v) is 7.67. The van der Waals surface area contributed by atoms with Crippen molar-refractivity contribution in [3.05, 3.63) is 12.2 Å². The lowest BCUT2D eigenvalue weighted by atomic mass is 10.1. The van der Waals surface area contributed by atoms with Crippen molar-refractivity contribution in [1.82, 2.24) is 0 Å². The minimum atomic E-state index is -0.390. The zero-order valence-corrected chi connectivity index (χ0v) is 11.9. The van der Waals surface area contributed by atoms with Gasteiger partial charge in [-0.1, -0.05) is 50.7 Å². The van der Waals surface area contributed by atoms with Crippen LogP contribution in [0.3, 0.4) is 0 Å². The van der Waals surface area contributed by atoms with Crippen molar-refractivity contribution in [2.24, 2.45) is 0 Å². The summed E-state index contributed by atoms with van der Waals surface area (Å²) in [6, 6.07) is 0. The highest BCUT2D eigenvalue weighted by Gasteiger charge is 2.09. The third-order valence-corrected chi connectivity index (χ3v) is 3.41. The molecule has 1 aliphatic rings. The van der Waals surface area contributed by atoms with Crippen LogP contribution in [0.1, 0.15) is 77.0 Å². The number of rotatable bonds is 0. The molecule has 1 heterocycles. The molecule has 0 aromatic heterocycles. The maximum absolute atomic E-state index is 11.4. The van der Waals surface area contributed by atoms with Crippen LogP contribution in [0.25, 0.3) is 0 Å². The minimum absolute atomic E-state index is 0.308. The summed E-state index contributed by atoms with van der Waals surface area (Å²) in [5, 5.41) is 0. The Hall–Kier alpha value is -1.12. The Bertz CT molecular complexity index is 294. The van der Waals surface area contributed by atoms with E-state index in [-0.39, 0.29) is 11.9 Å². The quantitative estimate of drug-likeness (QED) is 0.373. The second-order valence-electron chi connectivity index (χ2n) is 5.22. The molecule has 0 spiro atoms. The molecule has 3 heteroatoms. The molecule has 19 heavy (non-hydrogen) atoms. The molecule has 0 atom stereocenters. The second-order valence-corrected chi connectivity index (χ2v) is 5.22. The van der Waals surface area contributed by atoms with E-state index in [1.54, 1.807) is 0 Å². The first-order chi connectivity index (χ1) is 9.29. The molecule has 0 amide bonds. The Morgan fingerprint density at radius 3 is 1.89 bits per heavy atom. The molecular weight excluding hydrogens is 240 g/mol. The molecule has 0 aromatic carbocycles. The lowest BCUT2D eigenvalue weighted by Gasteiger charge is -2.02. The van der Waals surface area contributed by atoms with Crippen molar-refractivity contribution in [3.8, 4) is 0 Å². The van der Waals surface area contributed by atoms with Gasteiger partial charge in [-0.25, -0.2) is 0 Å². The lowest BCUT2D eigenvalue weighted by Crippen LogP contribution is -2.11. The standard InChI is InChI=1S/C16H26O3/c17-15-13-11-9-7-5-3-1-2-4-6-8-10-12-14-16(18)19-15/h7,9H,1-6,8,10-14H2/b9-7-. The number of carbonyl (C=O) groups excluding carboxylic acids is 2. The van der Waals surface area contributed by atoms with Gasteiger partial charge < -0.3 is 4.74 Å². The van der Waals surface area contributed by atoms with Gasteiger partial charge in [-0.15, -0.1) is 0 Å². The molecule has 0 saturated carbocycles. The fourth-order valence-corrected chi connectivity index (χ4v) is 2.26. The molecule has 0 aromatic rings. The van der Waals surface area contributed by atoms with E-state index in [1.165, 1.54) is 38.5 Å². The Morgan fingerprint density at radius 2 is 1.16 bits per heavy atom. The van der Waals surface area contributed by atoms with Crippen LogP contribution in [0.5, 0.6) is 0 Å². The molecule has 0 N–H and O–H groups in total. The van der Waals surface area contributed by atoms with Gasteiger partial charge in [0.25, 0.3) is 0 Å². The molecule has 0 saturated heterocycles. The highest BCUT2D eigenvalue weighted by Crippen LogP contribution is 2.12. The topological polar surface area (TPSA) is 43.4 Å². The smallest absolute Gasteiger partial charge is 0.313 e. The Labute approximate surface area is 116 Å². The van der Waals surface area contributed by atoms with Gasteiger partial charge in [0.2, 0.25) is 0 Å². The van der Waals surface area contributed by atoms with Gasteiger partial charge >= 0.3 is 11.9 Å². The van der Waals surface area contributed by atoms with Crippen LogP contribution in [0.15, 0.2) is 12.2 Å². The van der Waals surface area contributed by atoms with Crippen molar-refractivity contribution < 1.29 is 14.3 Å². The van der Waals surface area contributed by atoms with Crippen molar-refractivity contribution in [1.29, 1.82) is 0 Å². The molecule has 3 nitrogen and oxygen atoms in total. The summed E-state index contributed by atoms with van der Waals surface area (Å²) in [6.07, 6.45) is 16.1. The van der Waals surface area contributed by atoms with Crippen LogP contribution < -0.4 is 0 Å². The van der Waals surface area contributed by atoms with E-state index in [1.807, 2.05) is 6.08 Å². The summed E-state index contributed by atoms with van der Waals surface area (Å²) in [7, 11) is 0. The van der Waals surface area contributed by atoms with Crippen LogP contribution in [0, 0.1) is 0 Å². The van der Waals surface area contributed by atoms with Crippen molar-refractivity contribution in [2.45, 2.75) is 77.0 Å². The second kappa shape index (κ2) is 10.8. The van der Waals surface area contributed by atoms with Crippen molar-refractivity contribution >= 4 is 11.9 Å². The highest BCUT2D eigenvalue weighted by molar-refractivity contribution is 5.85. The molecule has 108 valence electrons. The van der Waals surface area contributed by atoms with Gasteiger partial charge in [0, 0.05) is 12.8 Å². The Kier molecular flexibility index (Phi) is 9.03. The molecule has 0 aliphatic carbocycles. The van der Waals surface area contributed by atoms with Crippen LogP contribution >= 0.6 is 0 Å². The third kappa shape index (κ3) is 9.46. The average Bonchev–Trinajstić information content (AvgIpc) is 2.38. The molecule has 0 bridgehead atoms. The zero-order chi connectivity index (χ0) is 13.8. The van der Waals surface area contributed by atoms with E-state index in [2.05, 4.69) is 6.08 Å². The van der Waals surface area contributed by atoms with E-state index >= 15 is 0 Å². The zero-order valence-electron chi connectivity index (χ0n) is 11.9. The third-order valence-electron chi connectivity index (χ3n) is 3.41. The summed E-state index contributed by atoms with van der Waals surface area (Å²) in [5.41, 5.74) is 0. The lowest BCUT2D eigenvalue weighted by molar-refractivity contribution is -0.159. The maximum atomic E-state index is 11.4. The Balaban J connectivity index is 2.29. The van der Waals surface area contributed by atoms with Crippen LogP contribution in [-0.4, -0.2) is 11.9 Å². The van der Waals surface area contributed by atoms with E-state index in [0.29, 0.717) is 19.3 Å². The van der Waals surface area contributed by atoms with Gasteiger partial charge in [0.15, 0.2) is 0 Å². The molecule has 0 fully saturated rings. The number of cyclic esters (lactones) is 2. The minimum Gasteiger partial charge on any atom is -0.393 e. The summed E-state index contributed by atoms with van der Waals surface area (Å²) in [6.45, 7) is 0. The fraction of sp³-hybridized carbons (Fsp3) is 0.750. The number of hydrogen-bond acceptors (Lipinski definition) is 3. The largest absolute Gasteiger partial charge is 0.393 e. The van der Waals surface area contributed by atoms with E-state index < -0.39 is 0 Å². The number of hydrogen-bond donors (Lipinski definition) is 0. The first kappa shape index (κ1) is 15.9. The van der Waals surface area contributed by atoms with Gasteiger partial charge in [0.1, 0.15) is 0 Å². The van der Waals surface area contributed by atoms with Crippen LogP contribution in [-0.2, 0) is 14.3 Å². The number of carbonyl (C=O) groups is 2. The Morgan fingerprint density at radius 1 is 0.632 bits per heavy atom. The normalized spacial score (nSPS) is 23.4. The van der Waals surface area contributed by atoms with Gasteiger partial charge in [-0.2, -0.15) is 0 Å². The summed E-state index contributed by atoms with van der Waals surface area (Å²) in [5.74, 6) is -0.753. The SMILES string of the molecule is O=C1CC/C=C\CCCCCCCCCCC(=O)O1. The van der Waals surface area contributed by atoms with E-state index in [4.69, 9.17) is 4.74 Å². The van der Waals surface area contributed by atoms with Gasteiger partial charge in [-0.05, 0) is 25.7 Å². The molecular formula is C16H26O3. The summed E-state index contributed by atoms with van der Waals surface area (Å²) in [4.78, 5) is 22.7.